The van der Waals surface area contributed by atoms with Gasteiger partial charge in [-0.25, -0.2) is 0 Å². The first-order chi connectivity index (χ1) is 13.4. The SMILES string of the molecule is CN=C(NCCOc1cccc(C(F)(F)F)c1)N1CCC(COCCOC)C1.I. The third-order valence-corrected chi connectivity index (χ3v) is 4.40. The summed E-state index contributed by atoms with van der Waals surface area (Å²) in [6.07, 6.45) is -3.35. The molecule has 0 radical (unpaired) electrons. The van der Waals surface area contributed by atoms with Crippen molar-refractivity contribution >= 4 is 29.9 Å². The van der Waals surface area contributed by atoms with Crippen LogP contribution in [0.5, 0.6) is 5.75 Å². The highest BCUT2D eigenvalue weighted by atomic mass is 127. The fourth-order valence-electron chi connectivity index (χ4n) is 2.98. The number of benzene rings is 1. The summed E-state index contributed by atoms with van der Waals surface area (Å²) in [7, 11) is 3.35. The van der Waals surface area contributed by atoms with Crippen LogP contribution in [-0.4, -0.2) is 71.1 Å². The van der Waals surface area contributed by atoms with E-state index in [9.17, 15) is 13.2 Å². The number of nitrogens with zero attached hydrogens (tertiary/aromatic N) is 2. The molecular weight excluding hydrogens is 502 g/mol. The molecule has 1 aliphatic heterocycles. The van der Waals surface area contributed by atoms with E-state index in [0.717, 1.165) is 37.6 Å². The topological polar surface area (TPSA) is 55.3 Å². The zero-order chi connectivity index (χ0) is 20.4. The summed E-state index contributed by atoms with van der Waals surface area (Å²) in [5, 5.41) is 3.19. The Hall–Kier alpha value is -1.27. The van der Waals surface area contributed by atoms with E-state index in [1.807, 2.05) is 0 Å². The van der Waals surface area contributed by atoms with Crippen LogP contribution in [0.3, 0.4) is 0 Å². The van der Waals surface area contributed by atoms with Gasteiger partial charge in [-0.1, -0.05) is 6.07 Å². The van der Waals surface area contributed by atoms with Gasteiger partial charge >= 0.3 is 6.18 Å². The first kappa shape index (κ1) is 25.8. The van der Waals surface area contributed by atoms with E-state index in [1.54, 1.807) is 14.2 Å². The van der Waals surface area contributed by atoms with E-state index in [4.69, 9.17) is 14.2 Å². The highest BCUT2D eigenvalue weighted by Gasteiger charge is 2.30. The number of hydrogen-bond acceptors (Lipinski definition) is 4. The quantitative estimate of drug-likeness (QED) is 0.230. The van der Waals surface area contributed by atoms with Crippen molar-refractivity contribution in [1.29, 1.82) is 0 Å². The van der Waals surface area contributed by atoms with E-state index < -0.39 is 11.7 Å². The summed E-state index contributed by atoms with van der Waals surface area (Å²) in [6.45, 7) is 4.27. The van der Waals surface area contributed by atoms with Crippen LogP contribution in [0.15, 0.2) is 29.3 Å². The maximum Gasteiger partial charge on any atom is 0.416 e. The average molecular weight is 531 g/mol. The molecular formula is C19H29F3IN3O3. The highest BCUT2D eigenvalue weighted by molar-refractivity contribution is 14.0. The molecule has 2 rings (SSSR count). The molecule has 166 valence electrons. The van der Waals surface area contributed by atoms with Gasteiger partial charge in [-0.2, -0.15) is 13.2 Å². The third kappa shape index (κ3) is 8.95. The van der Waals surface area contributed by atoms with E-state index in [2.05, 4.69) is 15.2 Å². The van der Waals surface area contributed by atoms with Crippen molar-refractivity contribution in [2.75, 3.05) is 60.2 Å². The van der Waals surface area contributed by atoms with E-state index >= 15 is 0 Å². The van der Waals surface area contributed by atoms with Gasteiger partial charge in [-0.15, -0.1) is 24.0 Å². The Balaban J connectivity index is 0.00000420. The van der Waals surface area contributed by atoms with E-state index in [1.165, 1.54) is 12.1 Å². The number of hydrogen-bond donors (Lipinski definition) is 1. The minimum atomic E-state index is -4.38. The molecule has 0 amide bonds. The molecule has 1 heterocycles. The Morgan fingerprint density at radius 1 is 1.28 bits per heavy atom. The molecule has 6 nitrogen and oxygen atoms in total. The number of alkyl halides is 3. The lowest BCUT2D eigenvalue weighted by atomic mass is 10.1. The number of rotatable bonds is 9. The lowest BCUT2D eigenvalue weighted by Gasteiger charge is -2.22. The molecule has 10 heteroatoms. The van der Waals surface area contributed by atoms with Crippen LogP contribution in [0.2, 0.25) is 0 Å². The predicted octanol–water partition coefficient (Wildman–Crippen LogP) is 3.26. The Morgan fingerprint density at radius 3 is 2.76 bits per heavy atom. The summed E-state index contributed by atoms with van der Waals surface area (Å²) in [5.41, 5.74) is -0.718. The van der Waals surface area contributed by atoms with Gasteiger partial charge in [0.2, 0.25) is 0 Å². The largest absolute Gasteiger partial charge is 0.492 e. The molecule has 1 aliphatic rings. The van der Waals surface area contributed by atoms with Gasteiger partial charge in [0, 0.05) is 33.2 Å². The molecule has 0 bridgehead atoms. The molecule has 0 aliphatic carbocycles. The molecule has 1 unspecified atom stereocenters. The number of ether oxygens (including phenoxy) is 3. The predicted molar refractivity (Wildman–Crippen MR) is 116 cm³/mol. The number of halogens is 4. The monoisotopic (exact) mass is 531 g/mol. The van der Waals surface area contributed by atoms with Crippen molar-refractivity contribution < 1.29 is 27.4 Å². The molecule has 29 heavy (non-hydrogen) atoms. The number of nitrogens with one attached hydrogen (secondary N) is 1. The van der Waals surface area contributed by atoms with Crippen molar-refractivity contribution in [1.82, 2.24) is 10.2 Å². The van der Waals surface area contributed by atoms with Gasteiger partial charge in [0.05, 0.1) is 31.9 Å². The lowest BCUT2D eigenvalue weighted by molar-refractivity contribution is -0.137. The summed E-state index contributed by atoms with van der Waals surface area (Å²) < 4.78 is 54.2. The van der Waals surface area contributed by atoms with Crippen LogP contribution >= 0.6 is 24.0 Å². The number of aliphatic imine (C=N–C) groups is 1. The van der Waals surface area contributed by atoms with Gasteiger partial charge in [0.1, 0.15) is 12.4 Å². The van der Waals surface area contributed by atoms with E-state index in [0.29, 0.717) is 32.3 Å². The van der Waals surface area contributed by atoms with Crippen LogP contribution in [0.25, 0.3) is 0 Å². The smallest absolute Gasteiger partial charge is 0.416 e. The Labute approximate surface area is 186 Å². The molecule has 0 saturated carbocycles. The minimum Gasteiger partial charge on any atom is -0.492 e. The summed E-state index contributed by atoms with van der Waals surface area (Å²) in [6, 6.07) is 4.88. The van der Waals surface area contributed by atoms with Crippen molar-refractivity contribution in [2.45, 2.75) is 12.6 Å². The van der Waals surface area contributed by atoms with Crippen LogP contribution in [-0.2, 0) is 15.7 Å². The highest BCUT2D eigenvalue weighted by Crippen LogP contribution is 2.31. The van der Waals surface area contributed by atoms with Gasteiger partial charge in [-0.05, 0) is 24.6 Å². The van der Waals surface area contributed by atoms with Crippen molar-refractivity contribution in [3.8, 4) is 5.75 Å². The van der Waals surface area contributed by atoms with Gasteiger partial charge in [0.15, 0.2) is 5.96 Å². The average Bonchev–Trinajstić information content (AvgIpc) is 3.13. The molecule has 1 saturated heterocycles. The maximum absolute atomic E-state index is 12.7. The minimum absolute atomic E-state index is 0. The standard InChI is InChI=1S/C19H28F3N3O3.HI/c1-23-18(25-8-6-15(13-25)14-27-11-10-26-2)24-7-9-28-17-5-3-4-16(12-17)19(20,21)22;/h3-5,12,15H,6-11,13-14H2,1-2H3,(H,23,24);1H. The van der Waals surface area contributed by atoms with E-state index in [-0.39, 0.29) is 36.3 Å². The molecule has 1 aromatic rings. The number of likely N-dealkylation sites (tertiary alicyclic amines) is 1. The van der Waals surface area contributed by atoms with Gasteiger partial charge in [-0.3, -0.25) is 4.99 Å². The zero-order valence-electron chi connectivity index (χ0n) is 16.7. The third-order valence-electron chi connectivity index (χ3n) is 4.40. The first-order valence-electron chi connectivity index (χ1n) is 9.26. The van der Waals surface area contributed by atoms with Crippen LogP contribution < -0.4 is 10.1 Å². The fourth-order valence-corrected chi connectivity index (χ4v) is 2.98. The van der Waals surface area contributed by atoms with Gasteiger partial charge in [0.25, 0.3) is 0 Å². The van der Waals surface area contributed by atoms with Crippen molar-refractivity contribution in [3.63, 3.8) is 0 Å². The molecule has 1 atom stereocenters. The molecule has 0 spiro atoms. The first-order valence-corrected chi connectivity index (χ1v) is 9.26. The zero-order valence-corrected chi connectivity index (χ0v) is 19.0. The number of methoxy groups -OCH3 is 1. The van der Waals surface area contributed by atoms with Crippen molar-refractivity contribution in [3.05, 3.63) is 29.8 Å². The van der Waals surface area contributed by atoms with Crippen LogP contribution in [0.4, 0.5) is 13.2 Å². The Kier molecular flexibility index (Phi) is 11.7. The maximum atomic E-state index is 12.7. The Bertz CT molecular complexity index is 632. The molecule has 1 fully saturated rings. The fraction of sp³-hybridized carbons (Fsp3) is 0.632. The van der Waals surface area contributed by atoms with Gasteiger partial charge < -0.3 is 24.4 Å². The molecule has 1 N–H and O–H groups in total. The number of guanidine groups is 1. The summed E-state index contributed by atoms with van der Waals surface area (Å²) >= 11 is 0. The lowest BCUT2D eigenvalue weighted by Crippen LogP contribution is -2.41. The second kappa shape index (κ2) is 13.1. The summed E-state index contributed by atoms with van der Waals surface area (Å²) in [5.74, 6) is 1.39. The second-order valence-corrected chi connectivity index (χ2v) is 6.52. The molecule has 0 aromatic heterocycles. The molecule has 1 aromatic carbocycles. The van der Waals surface area contributed by atoms with Crippen LogP contribution in [0, 0.1) is 5.92 Å². The second-order valence-electron chi connectivity index (χ2n) is 6.52. The van der Waals surface area contributed by atoms with Crippen molar-refractivity contribution in [2.24, 2.45) is 10.9 Å². The Morgan fingerprint density at radius 2 is 2.07 bits per heavy atom. The normalized spacial score (nSPS) is 17.2. The van der Waals surface area contributed by atoms with Crippen LogP contribution in [0.1, 0.15) is 12.0 Å². The summed E-state index contributed by atoms with van der Waals surface area (Å²) in [4.78, 5) is 6.42.